The smallest absolute Gasteiger partial charge is 0.254 e. The zero-order valence-corrected chi connectivity index (χ0v) is 17.3. The highest BCUT2D eigenvalue weighted by molar-refractivity contribution is 5.94. The van der Waals surface area contributed by atoms with Crippen molar-refractivity contribution in [1.82, 2.24) is 14.5 Å². The zero-order chi connectivity index (χ0) is 20.4. The number of imidazole rings is 1. The van der Waals surface area contributed by atoms with Gasteiger partial charge in [-0.1, -0.05) is 29.8 Å². The predicted molar refractivity (Wildman–Crippen MR) is 113 cm³/mol. The van der Waals surface area contributed by atoms with E-state index < -0.39 is 0 Å². The largest absolute Gasteiger partial charge is 0.497 e. The maximum absolute atomic E-state index is 13.2. The van der Waals surface area contributed by atoms with Crippen LogP contribution in [0, 0.1) is 13.8 Å². The molecule has 29 heavy (non-hydrogen) atoms. The van der Waals surface area contributed by atoms with E-state index in [2.05, 4.69) is 23.6 Å². The summed E-state index contributed by atoms with van der Waals surface area (Å²) < 4.78 is 7.49. The minimum Gasteiger partial charge on any atom is -0.497 e. The predicted octanol–water partition coefficient (Wildman–Crippen LogP) is 4.53. The van der Waals surface area contributed by atoms with Gasteiger partial charge in [0.25, 0.3) is 5.91 Å². The number of aromatic nitrogens is 2. The first-order chi connectivity index (χ1) is 14.1. The molecule has 5 heteroatoms. The Labute approximate surface area is 171 Å². The monoisotopic (exact) mass is 389 g/mol. The number of benzene rings is 2. The molecule has 4 rings (SSSR count). The van der Waals surface area contributed by atoms with Crippen molar-refractivity contribution in [3.63, 3.8) is 0 Å². The molecule has 0 bridgehead atoms. The number of likely N-dealkylation sites (tertiary alicyclic amines) is 1. The maximum atomic E-state index is 13.2. The van der Waals surface area contributed by atoms with Crippen LogP contribution in [-0.4, -0.2) is 34.0 Å². The van der Waals surface area contributed by atoms with Crippen LogP contribution < -0.4 is 4.74 Å². The van der Waals surface area contributed by atoms with Crippen molar-refractivity contribution in [2.75, 3.05) is 13.7 Å². The highest BCUT2D eigenvalue weighted by Gasteiger charge is 2.33. The van der Waals surface area contributed by atoms with Crippen molar-refractivity contribution in [2.45, 2.75) is 39.3 Å². The number of hydrogen-bond acceptors (Lipinski definition) is 3. The lowest BCUT2D eigenvalue weighted by atomic mass is 10.1. The Balaban J connectivity index is 1.61. The number of amides is 1. The number of carbonyl (C=O) groups excluding carboxylic acids is 1. The first-order valence-corrected chi connectivity index (χ1v) is 10.1. The van der Waals surface area contributed by atoms with Crippen molar-refractivity contribution in [3.8, 4) is 5.75 Å². The second-order valence-corrected chi connectivity index (χ2v) is 7.72. The topological polar surface area (TPSA) is 47.4 Å². The molecule has 1 aliphatic rings. The SMILES string of the molecule is COc1ccc(Cn2c(C)cnc2C2CCCN2C(=O)c2cccc(C)c2)cc1. The summed E-state index contributed by atoms with van der Waals surface area (Å²) in [5.74, 6) is 1.91. The van der Waals surface area contributed by atoms with Crippen LogP contribution in [0.15, 0.2) is 54.7 Å². The van der Waals surface area contributed by atoms with Crippen LogP contribution in [0.4, 0.5) is 0 Å². The standard InChI is InChI=1S/C24H27N3O2/c1-17-6-4-7-20(14-17)24(28)26-13-5-8-22(26)23-25-15-18(2)27(23)16-19-9-11-21(29-3)12-10-19/h4,6-7,9-12,14-15,22H,5,8,13,16H2,1-3H3. The molecule has 2 heterocycles. The average molecular weight is 389 g/mol. The second kappa shape index (κ2) is 8.11. The Morgan fingerprint density at radius 3 is 2.69 bits per heavy atom. The van der Waals surface area contributed by atoms with Gasteiger partial charge in [-0.15, -0.1) is 0 Å². The quantitative estimate of drug-likeness (QED) is 0.644. The molecule has 0 aliphatic carbocycles. The van der Waals surface area contributed by atoms with Crippen molar-refractivity contribution >= 4 is 5.91 Å². The highest BCUT2D eigenvalue weighted by Crippen LogP contribution is 2.33. The van der Waals surface area contributed by atoms with Gasteiger partial charge < -0.3 is 14.2 Å². The Hall–Kier alpha value is -3.08. The van der Waals surface area contributed by atoms with Crippen molar-refractivity contribution in [3.05, 3.63) is 82.9 Å². The summed E-state index contributed by atoms with van der Waals surface area (Å²) in [7, 11) is 1.67. The molecular formula is C24H27N3O2. The van der Waals surface area contributed by atoms with E-state index in [1.54, 1.807) is 7.11 Å². The van der Waals surface area contributed by atoms with Crippen LogP contribution in [0.1, 0.15) is 51.9 Å². The number of aryl methyl sites for hydroxylation is 2. The number of hydrogen-bond donors (Lipinski definition) is 0. The molecule has 1 amide bonds. The lowest BCUT2D eigenvalue weighted by molar-refractivity contribution is 0.0727. The Bertz CT molecular complexity index is 1010. The zero-order valence-electron chi connectivity index (χ0n) is 17.3. The van der Waals surface area contributed by atoms with Gasteiger partial charge in [0, 0.05) is 30.5 Å². The maximum Gasteiger partial charge on any atom is 0.254 e. The van der Waals surface area contributed by atoms with Gasteiger partial charge in [0.05, 0.1) is 13.2 Å². The van der Waals surface area contributed by atoms with Crippen LogP contribution in [-0.2, 0) is 6.54 Å². The van der Waals surface area contributed by atoms with E-state index in [9.17, 15) is 4.79 Å². The molecule has 150 valence electrons. The van der Waals surface area contributed by atoms with Gasteiger partial charge in [0.15, 0.2) is 0 Å². The van der Waals surface area contributed by atoms with Gasteiger partial charge in [-0.2, -0.15) is 0 Å². The van der Waals surface area contributed by atoms with Crippen molar-refractivity contribution < 1.29 is 9.53 Å². The number of methoxy groups -OCH3 is 1. The molecule has 0 radical (unpaired) electrons. The van der Waals surface area contributed by atoms with Crippen LogP contribution >= 0.6 is 0 Å². The lowest BCUT2D eigenvalue weighted by Crippen LogP contribution is -2.32. The normalized spacial score (nSPS) is 16.2. The third-order valence-corrected chi connectivity index (χ3v) is 5.66. The van der Waals surface area contributed by atoms with E-state index in [4.69, 9.17) is 9.72 Å². The number of ether oxygens (including phenoxy) is 1. The third kappa shape index (κ3) is 3.90. The molecule has 0 N–H and O–H groups in total. The molecule has 0 saturated carbocycles. The molecule has 0 spiro atoms. The molecule has 5 nitrogen and oxygen atoms in total. The molecule has 1 aliphatic heterocycles. The van der Waals surface area contributed by atoms with E-state index in [0.29, 0.717) is 0 Å². The van der Waals surface area contributed by atoms with Gasteiger partial charge in [0.2, 0.25) is 0 Å². The summed E-state index contributed by atoms with van der Waals surface area (Å²) in [6.45, 7) is 5.59. The third-order valence-electron chi connectivity index (χ3n) is 5.66. The molecule has 1 unspecified atom stereocenters. The summed E-state index contributed by atoms with van der Waals surface area (Å²) in [4.78, 5) is 19.9. The van der Waals surface area contributed by atoms with Crippen molar-refractivity contribution in [2.24, 2.45) is 0 Å². The van der Waals surface area contributed by atoms with Crippen LogP contribution in [0.3, 0.4) is 0 Å². The Morgan fingerprint density at radius 2 is 1.97 bits per heavy atom. The molecule has 2 aromatic carbocycles. The minimum atomic E-state index is 0.00922. The van der Waals surface area contributed by atoms with E-state index in [-0.39, 0.29) is 11.9 Å². The van der Waals surface area contributed by atoms with Crippen LogP contribution in [0.25, 0.3) is 0 Å². The second-order valence-electron chi connectivity index (χ2n) is 7.72. The molecule has 1 saturated heterocycles. The first-order valence-electron chi connectivity index (χ1n) is 10.1. The fraction of sp³-hybridized carbons (Fsp3) is 0.333. The fourth-order valence-electron chi connectivity index (χ4n) is 4.09. The number of rotatable bonds is 5. The van der Waals surface area contributed by atoms with E-state index >= 15 is 0 Å². The summed E-state index contributed by atoms with van der Waals surface area (Å²) in [6.07, 6.45) is 3.85. The summed E-state index contributed by atoms with van der Waals surface area (Å²) in [6, 6.07) is 15.9. The van der Waals surface area contributed by atoms with E-state index in [1.165, 1.54) is 5.56 Å². The van der Waals surface area contributed by atoms with Gasteiger partial charge >= 0.3 is 0 Å². The highest BCUT2D eigenvalue weighted by atomic mass is 16.5. The first kappa shape index (κ1) is 19.2. The van der Waals surface area contributed by atoms with E-state index in [1.807, 2.05) is 54.4 Å². The van der Waals surface area contributed by atoms with Gasteiger partial charge in [-0.3, -0.25) is 4.79 Å². The lowest BCUT2D eigenvalue weighted by Gasteiger charge is -2.25. The fourth-order valence-corrected chi connectivity index (χ4v) is 4.09. The summed E-state index contributed by atoms with van der Waals surface area (Å²) >= 11 is 0. The van der Waals surface area contributed by atoms with Gasteiger partial charge in [-0.25, -0.2) is 4.98 Å². The molecule has 1 atom stereocenters. The Morgan fingerprint density at radius 1 is 1.17 bits per heavy atom. The molecule has 3 aromatic rings. The molecule has 1 aromatic heterocycles. The van der Waals surface area contributed by atoms with Crippen LogP contribution in [0.5, 0.6) is 5.75 Å². The molecular weight excluding hydrogens is 362 g/mol. The van der Waals surface area contributed by atoms with Gasteiger partial charge in [-0.05, 0) is 56.5 Å². The molecule has 1 fully saturated rings. The van der Waals surface area contributed by atoms with Crippen LogP contribution in [0.2, 0.25) is 0 Å². The summed E-state index contributed by atoms with van der Waals surface area (Å²) in [5.41, 5.74) is 4.14. The number of nitrogens with zero attached hydrogens (tertiary/aromatic N) is 3. The number of carbonyl (C=O) groups is 1. The van der Waals surface area contributed by atoms with Crippen molar-refractivity contribution in [1.29, 1.82) is 0 Å². The average Bonchev–Trinajstić information content (AvgIpc) is 3.35. The minimum absolute atomic E-state index is 0.00922. The van der Waals surface area contributed by atoms with Gasteiger partial charge in [0.1, 0.15) is 11.6 Å². The van der Waals surface area contributed by atoms with E-state index in [0.717, 1.165) is 54.3 Å². The Kier molecular flexibility index (Phi) is 5.38. The summed E-state index contributed by atoms with van der Waals surface area (Å²) in [5, 5.41) is 0.